The summed E-state index contributed by atoms with van der Waals surface area (Å²) in [6, 6.07) is 3.58. The van der Waals surface area contributed by atoms with E-state index in [1.807, 2.05) is 0 Å². The number of H-pyrrole nitrogens is 1. The fourth-order valence-electron chi connectivity index (χ4n) is 1.84. The Kier molecular flexibility index (Phi) is 3.82. The first-order valence-corrected chi connectivity index (χ1v) is 5.99. The van der Waals surface area contributed by atoms with Gasteiger partial charge in [0.05, 0.1) is 23.1 Å². The molecule has 0 spiro atoms. The minimum atomic E-state index is -4.08. The lowest BCUT2D eigenvalue weighted by molar-refractivity contribution is -0.135. The molecule has 0 aliphatic carbocycles. The van der Waals surface area contributed by atoms with Crippen molar-refractivity contribution in [3.8, 4) is 0 Å². The lowest BCUT2D eigenvalue weighted by Gasteiger charge is -2.10. The number of fused-ring (bicyclic) bond motifs is 1. The minimum absolute atomic E-state index is 0.114. The van der Waals surface area contributed by atoms with Crippen LogP contribution in [0.5, 0.6) is 0 Å². The van der Waals surface area contributed by atoms with Crippen LogP contribution in [0.15, 0.2) is 18.3 Å². The summed E-state index contributed by atoms with van der Waals surface area (Å²) >= 11 is 0. The zero-order valence-corrected chi connectivity index (χ0v) is 10.2. The van der Waals surface area contributed by atoms with Gasteiger partial charge in [0, 0.05) is 18.4 Å². The molecule has 0 aliphatic rings. The number of alkyl halides is 3. The Morgan fingerprint density at radius 1 is 1.26 bits per heavy atom. The summed E-state index contributed by atoms with van der Waals surface area (Å²) in [5.41, 5.74) is 7.96. The molecular weight excluding hydrogens is 257 g/mol. The van der Waals surface area contributed by atoms with E-state index in [-0.39, 0.29) is 6.42 Å². The average molecular weight is 272 g/mol. The molecule has 0 fully saturated rings. The fraction of sp³-hybridized carbons (Fsp3) is 0.417. The van der Waals surface area contributed by atoms with E-state index in [0.29, 0.717) is 24.3 Å². The average Bonchev–Trinajstić information content (AvgIpc) is 2.74. The number of anilines is 2. The maximum absolute atomic E-state index is 12.0. The van der Waals surface area contributed by atoms with Crippen LogP contribution in [0, 0.1) is 0 Å². The van der Waals surface area contributed by atoms with Crippen molar-refractivity contribution in [1.29, 1.82) is 0 Å². The van der Waals surface area contributed by atoms with E-state index in [9.17, 15) is 13.2 Å². The zero-order valence-electron chi connectivity index (χ0n) is 10.2. The zero-order chi connectivity index (χ0) is 13.9. The number of aromatic amines is 1. The van der Waals surface area contributed by atoms with E-state index >= 15 is 0 Å². The number of hydrogen-bond donors (Lipinski definition) is 3. The lowest BCUT2D eigenvalue weighted by Crippen LogP contribution is -2.09. The Balaban J connectivity index is 1.86. The summed E-state index contributed by atoms with van der Waals surface area (Å²) in [6.45, 7) is 0.458. The number of aromatic nitrogens is 2. The van der Waals surface area contributed by atoms with E-state index in [4.69, 9.17) is 5.73 Å². The summed E-state index contributed by atoms with van der Waals surface area (Å²) in [5, 5.41) is 10.6. The molecule has 0 radical (unpaired) electrons. The van der Waals surface area contributed by atoms with Crippen molar-refractivity contribution in [3.05, 3.63) is 18.3 Å². The molecule has 0 amide bonds. The second-order valence-corrected chi connectivity index (χ2v) is 4.40. The van der Waals surface area contributed by atoms with Gasteiger partial charge in [-0.3, -0.25) is 5.10 Å². The van der Waals surface area contributed by atoms with Crippen molar-refractivity contribution in [2.24, 2.45) is 0 Å². The number of nitrogen functional groups attached to an aromatic ring is 1. The largest absolute Gasteiger partial charge is 0.397 e. The SMILES string of the molecule is Nc1cc2cn[nH]c2cc1NCCCCC(F)(F)F. The number of halogens is 3. The van der Waals surface area contributed by atoms with E-state index in [1.165, 1.54) is 0 Å². The van der Waals surface area contributed by atoms with Crippen LogP contribution in [-0.2, 0) is 0 Å². The van der Waals surface area contributed by atoms with E-state index in [2.05, 4.69) is 15.5 Å². The molecule has 0 atom stereocenters. The Morgan fingerprint density at radius 2 is 2.05 bits per heavy atom. The quantitative estimate of drug-likeness (QED) is 0.578. The van der Waals surface area contributed by atoms with Crippen molar-refractivity contribution in [2.45, 2.75) is 25.4 Å². The highest BCUT2D eigenvalue weighted by Crippen LogP contribution is 2.25. The number of nitrogens with two attached hydrogens (primary N) is 1. The molecule has 4 N–H and O–H groups in total. The monoisotopic (exact) mass is 272 g/mol. The maximum Gasteiger partial charge on any atom is 0.389 e. The summed E-state index contributed by atoms with van der Waals surface area (Å²) in [6.07, 6.45) is -2.60. The molecule has 104 valence electrons. The van der Waals surface area contributed by atoms with Crippen LogP contribution in [0.25, 0.3) is 10.9 Å². The van der Waals surface area contributed by atoms with Crippen molar-refractivity contribution >= 4 is 22.3 Å². The third-order valence-corrected chi connectivity index (χ3v) is 2.81. The Labute approximate surface area is 108 Å². The molecule has 2 aromatic rings. The number of unbranched alkanes of at least 4 members (excludes halogenated alkanes) is 1. The predicted molar refractivity (Wildman–Crippen MR) is 68.9 cm³/mol. The van der Waals surface area contributed by atoms with Crippen LogP contribution >= 0.6 is 0 Å². The third-order valence-electron chi connectivity index (χ3n) is 2.81. The second-order valence-electron chi connectivity index (χ2n) is 4.40. The van der Waals surface area contributed by atoms with Crippen LogP contribution < -0.4 is 11.1 Å². The Hall–Kier alpha value is -1.92. The van der Waals surface area contributed by atoms with Crippen molar-refractivity contribution in [3.63, 3.8) is 0 Å². The molecule has 1 aromatic carbocycles. The smallest absolute Gasteiger partial charge is 0.389 e. The lowest BCUT2D eigenvalue weighted by atomic mass is 10.2. The summed E-state index contributed by atoms with van der Waals surface area (Å²) in [7, 11) is 0. The van der Waals surface area contributed by atoms with Gasteiger partial charge in [-0.1, -0.05) is 0 Å². The van der Waals surface area contributed by atoms with Gasteiger partial charge in [-0.15, -0.1) is 0 Å². The second kappa shape index (κ2) is 5.38. The third kappa shape index (κ3) is 3.77. The van der Waals surface area contributed by atoms with Crippen molar-refractivity contribution < 1.29 is 13.2 Å². The topological polar surface area (TPSA) is 66.7 Å². The number of benzene rings is 1. The van der Waals surface area contributed by atoms with Crippen LogP contribution in [0.2, 0.25) is 0 Å². The van der Waals surface area contributed by atoms with E-state index in [1.54, 1.807) is 18.3 Å². The number of hydrogen-bond acceptors (Lipinski definition) is 3. The van der Waals surface area contributed by atoms with Gasteiger partial charge in [0.15, 0.2) is 0 Å². The summed E-state index contributed by atoms with van der Waals surface area (Å²) < 4.78 is 35.9. The molecule has 19 heavy (non-hydrogen) atoms. The first kappa shape index (κ1) is 13.5. The predicted octanol–water partition coefficient (Wildman–Crippen LogP) is 3.29. The Morgan fingerprint density at radius 3 is 2.79 bits per heavy atom. The highest BCUT2D eigenvalue weighted by atomic mass is 19.4. The number of nitrogens with zero attached hydrogens (tertiary/aromatic N) is 1. The summed E-state index contributed by atoms with van der Waals surface area (Å²) in [5.74, 6) is 0. The molecule has 1 heterocycles. The van der Waals surface area contributed by atoms with Crippen molar-refractivity contribution in [1.82, 2.24) is 10.2 Å². The van der Waals surface area contributed by atoms with Crippen LogP contribution in [-0.4, -0.2) is 22.9 Å². The van der Waals surface area contributed by atoms with Crippen LogP contribution in [0.1, 0.15) is 19.3 Å². The van der Waals surface area contributed by atoms with E-state index < -0.39 is 12.6 Å². The molecule has 0 bridgehead atoms. The molecule has 7 heteroatoms. The molecule has 2 rings (SSSR count). The molecule has 0 saturated carbocycles. The number of rotatable bonds is 5. The molecular formula is C12H15F3N4. The van der Waals surface area contributed by atoms with E-state index in [0.717, 1.165) is 10.9 Å². The fourth-order valence-corrected chi connectivity index (χ4v) is 1.84. The molecule has 4 nitrogen and oxygen atoms in total. The maximum atomic E-state index is 12.0. The van der Waals surface area contributed by atoms with Gasteiger partial charge in [-0.05, 0) is 25.0 Å². The summed E-state index contributed by atoms with van der Waals surface area (Å²) in [4.78, 5) is 0. The minimum Gasteiger partial charge on any atom is -0.397 e. The molecule has 0 unspecified atom stereocenters. The standard InChI is InChI=1S/C12H15F3N4/c13-12(14,15)3-1-2-4-17-11-6-10-8(5-9(11)16)7-18-19-10/h5-7,17H,1-4,16H2,(H,18,19). The first-order valence-electron chi connectivity index (χ1n) is 5.99. The van der Waals surface area contributed by atoms with Crippen molar-refractivity contribution in [2.75, 3.05) is 17.6 Å². The normalized spacial score (nSPS) is 11.9. The van der Waals surface area contributed by atoms with Gasteiger partial charge in [0.2, 0.25) is 0 Å². The van der Waals surface area contributed by atoms with Gasteiger partial charge in [-0.25, -0.2) is 0 Å². The molecule has 1 aromatic heterocycles. The number of nitrogens with one attached hydrogen (secondary N) is 2. The Bertz CT molecular complexity index is 547. The van der Waals surface area contributed by atoms with Crippen LogP contribution in [0.3, 0.4) is 0 Å². The highest BCUT2D eigenvalue weighted by molar-refractivity contribution is 5.88. The highest BCUT2D eigenvalue weighted by Gasteiger charge is 2.25. The van der Waals surface area contributed by atoms with Gasteiger partial charge in [0.1, 0.15) is 0 Å². The van der Waals surface area contributed by atoms with Gasteiger partial charge >= 0.3 is 6.18 Å². The van der Waals surface area contributed by atoms with Gasteiger partial charge in [0.25, 0.3) is 0 Å². The molecule has 0 saturated heterocycles. The van der Waals surface area contributed by atoms with Crippen LogP contribution in [0.4, 0.5) is 24.5 Å². The first-order chi connectivity index (χ1) is 8.96. The van der Waals surface area contributed by atoms with Gasteiger partial charge < -0.3 is 11.1 Å². The van der Waals surface area contributed by atoms with Gasteiger partial charge in [-0.2, -0.15) is 18.3 Å². The molecule has 0 aliphatic heterocycles.